The number of carbonyl (C=O) groups is 4. The second-order valence-corrected chi connectivity index (χ2v) is 10.5. The van der Waals surface area contributed by atoms with Crippen LogP contribution in [0.1, 0.15) is 47.2 Å². The van der Waals surface area contributed by atoms with E-state index in [0.29, 0.717) is 43.3 Å². The molecule has 2 aromatic rings. The summed E-state index contributed by atoms with van der Waals surface area (Å²) in [5.74, 6) is -0.380. The predicted molar refractivity (Wildman–Crippen MR) is 149 cm³/mol. The number of amides is 3. The van der Waals surface area contributed by atoms with Gasteiger partial charge in [-0.05, 0) is 48.4 Å². The van der Waals surface area contributed by atoms with Gasteiger partial charge in [-0.15, -0.1) is 0 Å². The number of benzene rings is 2. The van der Waals surface area contributed by atoms with E-state index in [0.717, 1.165) is 30.4 Å². The fraction of sp³-hybridized carbons (Fsp3) is 0.467. The Balaban J connectivity index is 1.27. The minimum Gasteiger partial charge on any atom is -0.469 e. The van der Waals surface area contributed by atoms with E-state index >= 15 is 0 Å². The molecule has 2 aliphatic heterocycles. The first-order chi connectivity index (χ1) is 19.2. The largest absolute Gasteiger partial charge is 0.469 e. The zero-order valence-corrected chi connectivity index (χ0v) is 23.4. The zero-order chi connectivity index (χ0) is 28.6. The van der Waals surface area contributed by atoms with Crippen molar-refractivity contribution in [3.05, 3.63) is 65.2 Å². The highest BCUT2D eigenvalue weighted by atomic mass is 16.6. The monoisotopic (exact) mass is 550 g/mol. The SMILES string of the molecule is COC(=O)C[C@@H]1Nc2cc(C(=O)N(C)CCC3CCN(C(=O)OCc4ccccc4)CC3)ccc2CN(C)C1=O. The van der Waals surface area contributed by atoms with Gasteiger partial charge in [0.05, 0.1) is 13.5 Å². The Labute approximate surface area is 235 Å². The van der Waals surface area contributed by atoms with Gasteiger partial charge in [0.1, 0.15) is 12.6 Å². The fourth-order valence-electron chi connectivity index (χ4n) is 5.13. The number of piperidine rings is 1. The number of anilines is 1. The van der Waals surface area contributed by atoms with Gasteiger partial charge in [0.25, 0.3) is 5.91 Å². The summed E-state index contributed by atoms with van der Waals surface area (Å²) in [6.07, 6.45) is 2.20. The Kier molecular flexibility index (Phi) is 9.63. The molecule has 2 heterocycles. The van der Waals surface area contributed by atoms with Crippen molar-refractivity contribution < 1.29 is 28.7 Å². The lowest BCUT2D eigenvalue weighted by Gasteiger charge is -2.32. The number of carbonyl (C=O) groups excluding carboxylic acids is 4. The van der Waals surface area contributed by atoms with Crippen LogP contribution in [0.5, 0.6) is 0 Å². The van der Waals surface area contributed by atoms with Crippen molar-refractivity contribution in [1.29, 1.82) is 0 Å². The van der Waals surface area contributed by atoms with Crippen molar-refractivity contribution >= 4 is 29.6 Å². The van der Waals surface area contributed by atoms with E-state index in [1.807, 2.05) is 36.4 Å². The van der Waals surface area contributed by atoms with E-state index < -0.39 is 12.0 Å². The van der Waals surface area contributed by atoms with Crippen LogP contribution < -0.4 is 5.32 Å². The number of fused-ring (bicyclic) bond motifs is 1. The second-order valence-electron chi connectivity index (χ2n) is 10.5. The number of likely N-dealkylation sites (N-methyl/N-ethyl adjacent to an activating group) is 1. The third kappa shape index (κ3) is 7.31. The lowest BCUT2D eigenvalue weighted by Crippen LogP contribution is -2.39. The van der Waals surface area contributed by atoms with Gasteiger partial charge in [-0.3, -0.25) is 14.4 Å². The van der Waals surface area contributed by atoms with E-state index in [1.54, 1.807) is 40.9 Å². The number of hydrogen-bond acceptors (Lipinski definition) is 7. The molecule has 2 aromatic carbocycles. The highest BCUT2D eigenvalue weighted by molar-refractivity contribution is 5.96. The molecule has 1 saturated heterocycles. The molecule has 0 bridgehead atoms. The first kappa shape index (κ1) is 28.9. The van der Waals surface area contributed by atoms with Crippen molar-refractivity contribution in [3.8, 4) is 0 Å². The summed E-state index contributed by atoms with van der Waals surface area (Å²) in [4.78, 5) is 55.3. The van der Waals surface area contributed by atoms with Crippen LogP contribution in [0.25, 0.3) is 0 Å². The molecule has 1 atom stereocenters. The van der Waals surface area contributed by atoms with Crippen LogP contribution in [0, 0.1) is 5.92 Å². The Bertz CT molecular complexity index is 1210. The van der Waals surface area contributed by atoms with Crippen molar-refractivity contribution in [2.75, 3.05) is 46.2 Å². The average molecular weight is 551 g/mol. The summed E-state index contributed by atoms with van der Waals surface area (Å²) in [7, 11) is 4.77. The van der Waals surface area contributed by atoms with Crippen molar-refractivity contribution in [1.82, 2.24) is 14.7 Å². The number of nitrogens with one attached hydrogen (secondary N) is 1. The lowest BCUT2D eigenvalue weighted by molar-refractivity contribution is -0.143. The highest BCUT2D eigenvalue weighted by Crippen LogP contribution is 2.26. The van der Waals surface area contributed by atoms with Gasteiger partial charge in [0, 0.05) is 51.5 Å². The molecular formula is C30H38N4O6. The van der Waals surface area contributed by atoms with Gasteiger partial charge in [-0.1, -0.05) is 36.4 Å². The molecule has 1 fully saturated rings. The summed E-state index contributed by atoms with van der Waals surface area (Å²) in [6, 6.07) is 14.2. The van der Waals surface area contributed by atoms with E-state index in [1.165, 1.54) is 7.11 Å². The standard InChI is InChI=1S/C30H38N4O6/c1-32(14-11-21-12-15-34(16-13-21)30(38)40-20-22-7-5-4-6-8-22)28(36)23-9-10-24-19-33(2)29(37)26(18-27(35)39-3)31-25(24)17-23/h4-10,17,21,26,31H,11-16,18-20H2,1-3H3/t26-/m0/s1. The number of ether oxygens (including phenoxy) is 2. The fourth-order valence-corrected chi connectivity index (χ4v) is 5.13. The van der Waals surface area contributed by atoms with Crippen LogP contribution >= 0.6 is 0 Å². The number of hydrogen-bond donors (Lipinski definition) is 1. The minimum atomic E-state index is -0.761. The third-order valence-corrected chi connectivity index (χ3v) is 7.66. The molecule has 214 valence electrons. The van der Waals surface area contributed by atoms with Crippen LogP contribution in [-0.4, -0.2) is 85.5 Å². The van der Waals surface area contributed by atoms with Crippen LogP contribution in [0.4, 0.5) is 10.5 Å². The van der Waals surface area contributed by atoms with Crippen molar-refractivity contribution in [2.45, 2.75) is 44.9 Å². The number of methoxy groups -OCH3 is 1. The minimum absolute atomic E-state index is 0.0965. The van der Waals surface area contributed by atoms with E-state index in [2.05, 4.69) is 5.32 Å². The number of likely N-dealkylation sites (tertiary alicyclic amines) is 1. The number of rotatable bonds is 8. The highest BCUT2D eigenvalue weighted by Gasteiger charge is 2.30. The van der Waals surface area contributed by atoms with Crippen LogP contribution in [0.15, 0.2) is 48.5 Å². The van der Waals surface area contributed by atoms with E-state index in [-0.39, 0.29) is 30.9 Å². The lowest BCUT2D eigenvalue weighted by atomic mass is 9.93. The van der Waals surface area contributed by atoms with E-state index in [4.69, 9.17) is 9.47 Å². The molecule has 0 radical (unpaired) electrons. The number of nitrogens with zero attached hydrogens (tertiary/aromatic N) is 3. The van der Waals surface area contributed by atoms with Gasteiger partial charge in [0.15, 0.2) is 0 Å². The van der Waals surface area contributed by atoms with Gasteiger partial charge in [-0.25, -0.2) is 4.79 Å². The van der Waals surface area contributed by atoms with Crippen molar-refractivity contribution in [2.24, 2.45) is 5.92 Å². The maximum absolute atomic E-state index is 13.2. The summed E-state index contributed by atoms with van der Waals surface area (Å²) >= 11 is 0. The summed E-state index contributed by atoms with van der Waals surface area (Å²) < 4.78 is 10.2. The van der Waals surface area contributed by atoms with Gasteiger partial charge >= 0.3 is 12.1 Å². The molecule has 2 aliphatic rings. The molecule has 3 amide bonds. The molecular weight excluding hydrogens is 512 g/mol. The summed E-state index contributed by atoms with van der Waals surface area (Å²) in [6.45, 7) is 2.53. The quantitative estimate of drug-likeness (QED) is 0.501. The smallest absolute Gasteiger partial charge is 0.410 e. The van der Waals surface area contributed by atoms with Gasteiger partial charge in [-0.2, -0.15) is 0 Å². The molecule has 10 heteroatoms. The predicted octanol–water partition coefficient (Wildman–Crippen LogP) is 3.51. The molecule has 0 unspecified atom stereocenters. The Hall–Kier alpha value is -4.08. The molecule has 0 saturated carbocycles. The maximum Gasteiger partial charge on any atom is 0.410 e. The van der Waals surface area contributed by atoms with Crippen LogP contribution in [-0.2, 0) is 32.2 Å². The second kappa shape index (κ2) is 13.3. The number of esters is 1. The van der Waals surface area contributed by atoms with Gasteiger partial charge in [0.2, 0.25) is 5.91 Å². The maximum atomic E-state index is 13.2. The van der Waals surface area contributed by atoms with Crippen molar-refractivity contribution in [3.63, 3.8) is 0 Å². The first-order valence-corrected chi connectivity index (χ1v) is 13.7. The Morgan fingerprint density at radius 3 is 2.50 bits per heavy atom. The molecule has 1 N–H and O–H groups in total. The molecule has 0 spiro atoms. The average Bonchev–Trinajstić information content (AvgIpc) is 3.09. The molecule has 0 aromatic heterocycles. The van der Waals surface area contributed by atoms with E-state index in [9.17, 15) is 19.2 Å². The van der Waals surface area contributed by atoms with Crippen LogP contribution in [0.3, 0.4) is 0 Å². The first-order valence-electron chi connectivity index (χ1n) is 13.7. The topological polar surface area (TPSA) is 108 Å². The Morgan fingerprint density at radius 2 is 1.80 bits per heavy atom. The molecule has 0 aliphatic carbocycles. The molecule has 40 heavy (non-hydrogen) atoms. The zero-order valence-electron chi connectivity index (χ0n) is 23.4. The van der Waals surface area contributed by atoms with Gasteiger partial charge < -0.3 is 29.5 Å². The summed E-state index contributed by atoms with van der Waals surface area (Å²) in [5.41, 5.74) is 3.01. The third-order valence-electron chi connectivity index (χ3n) is 7.66. The Morgan fingerprint density at radius 1 is 1.07 bits per heavy atom. The molecule has 10 nitrogen and oxygen atoms in total. The summed E-state index contributed by atoms with van der Waals surface area (Å²) in [5, 5.41) is 3.15. The normalized spacial score (nSPS) is 17.4. The molecule has 4 rings (SSSR count). The van der Waals surface area contributed by atoms with Crippen LogP contribution in [0.2, 0.25) is 0 Å².